The van der Waals surface area contributed by atoms with Gasteiger partial charge in [0.25, 0.3) is 0 Å². The first-order chi connectivity index (χ1) is 17.7. The number of aryl methyl sites for hydroxylation is 1. The number of anilines is 3. The summed E-state index contributed by atoms with van der Waals surface area (Å²) in [5.41, 5.74) is 4.51. The van der Waals surface area contributed by atoms with E-state index in [1.165, 1.54) is 19.1 Å². The van der Waals surface area contributed by atoms with E-state index >= 15 is 0 Å². The molecule has 1 fully saturated rings. The fraction of sp³-hybridized carbons (Fsp3) is 0.250. The van der Waals surface area contributed by atoms with Gasteiger partial charge in [0.2, 0.25) is 0 Å². The minimum absolute atomic E-state index is 0. The molecule has 5 rings (SSSR count). The monoisotopic (exact) mass is 555 g/mol. The van der Waals surface area contributed by atoms with Crippen molar-refractivity contribution in [1.29, 1.82) is 0 Å². The lowest BCUT2D eigenvalue weighted by molar-refractivity contribution is 0.101. The number of benzene rings is 2. The van der Waals surface area contributed by atoms with Crippen LogP contribution in [-0.4, -0.2) is 59.0 Å². The number of carbonyl (C=O) groups excluding carboxylic acids is 1. The van der Waals surface area contributed by atoms with E-state index in [4.69, 9.17) is 11.6 Å². The minimum Gasteiger partial charge on any atom is -0.504 e. The molecule has 0 unspecified atom stereocenters. The predicted octanol–water partition coefficient (Wildman–Crippen LogP) is 6.22. The van der Waals surface area contributed by atoms with Crippen LogP contribution in [0.2, 0.25) is 5.02 Å². The first-order valence-electron chi connectivity index (χ1n) is 12.0. The summed E-state index contributed by atoms with van der Waals surface area (Å²) in [6.07, 6.45) is 3.32. The number of pyridine rings is 2. The molecule has 1 aliphatic rings. The van der Waals surface area contributed by atoms with E-state index in [0.29, 0.717) is 33.3 Å². The van der Waals surface area contributed by atoms with Crippen molar-refractivity contribution in [2.45, 2.75) is 13.8 Å². The molecule has 0 spiro atoms. The molecule has 0 aliphatic carbocycles. The van der Waals surface area contributed by atoms with Crippen LogP contribution in [0, 0.1) is 12.7 Å². The van der Waals surface area contributed by atoms with Crippen molar-refractivity contribution < 1.29 is 14.3 Å². The van der Waals surface area contributed by atoms with Crippen LogP contribution in [0.5, 0.6) is 5.75 Å². The summed E-state index contributed by atoms with van der Waals surface area (Å²) in [7, 11) is 2.11. The Morgan fingerprint density at radius 2 is 1.82 bits per heavy atom. The Hall–Kier alpha value is -3.46. The van der Waals surface area contributed by atoms with Crippen molar-refractivity contribution in [1.82, 2.24) is 14.9 Å². The van der Waals surface area contributed by atoms with Crippen molar-refractivity contribution in [3.63, 3.8) is 0 Å². The van der Waals surface area contributed by atoms with E-state index in [-0.39, 0.29) is 23.2 Å². The number of carbonyl (C=O) groups is 1. The summed E-state index contributed by atoms with van der Waals surface area (Å²) in [6.45, 7) is 7.21. The van der Waals surface area contributed by atoms with Gasteiger partial charge in [-0.1, -0.05) is 11.6 Å². The number of rotatable bonds is 5. The van der Waals surface area contributed by atoms with Gasteiger partial charge >= 0.3 is 0 Å². The van der Waals surface area contributed by atoms with Gasteiger partial charge in [0.1, 0.15) is 5.82 Å². The summed E-state index contributed by atoms with van der Waals surface area (Å²) < 4.78 is 14.3. The zero-order chi connectivity index (χ0) is 26.3. The maximum Gasteiger partial charge on any atom is 0.170 e. The lowest BCUT2D eigenvalue weighted by atomic mass is 9.96. The number of nitrogens with zero attached hydrogens (tertiary/aromatic N) is 4. The predicted molar refractivity (Wildman–Crippen MR) is 153 cm³/mol. The van der Waals surface area contributed by atoms with Gasteiger partial charge in [0, 0.05) is 37.8 Å². The van der Waals surface area contributed by atoms with Crippen molar-refractivity contribution in [3.8, 4) is 16.9 Å². The molecule has 2 aromatic carbocycles. The molecule has 2 N–H and O–H groups in total. The summed E-state index contributed by atoms with van der Waals surface area (Å²) >= 11 is 6.05. The van der Waals surface area contributed by atoms with Crippen LogP contribution in [0.1, 0.15) is 22.8 Å². The SMILES string of the molecule is CC(=O)c1cnc2cc(C)c(-c3cc(F)c(O)c(Cl)c3)cc2c1Nc1ccc(N2CCN(C)CC2)nc1.Cl. The number of nitrogens with one attached hydrogen (secondary N) is 1. The highest BCUT2D eigenvalue weighted by molar-refractivity contribution is 6.32. The largest absolute Gasteiger partial charge is 0.504 e. The minimum atomic E-state index is -0.803. The number of aromatic hydroxyl groups is 1. The molecule has 4 aromatic rings. The number of fused-ring (bicyclic) bond motifs is 1. The molecule has 1 aliphatic heterocycles. The molecule has 7 nitrogen and oxygen atoms in total. The molecule has 10 heteroatoms. The Labute approximate surface area is 231 Å². The maximum absolute atomic E-state index is 14.3. The van der Waals surface area contributed by atoms with Crippen molar-refractivity contribution in [2.24, 2.45) is 0 Å². The first-order valence-corrected chi connectivity index (χ1v) is 12.4. The number of hydrogen-bond donors (Lipinski definition) is 2. The molecule has 198 valence electrons. The summed E-state index contributed by atoms with van der Waals surface area (Å²) in [5.74, 6) is -0.615. The van der Waals surface area contributed by atoms with E-state index in [1.807, 2.05) is 31.2 Å². The van der Waals surface area contributed by atoms with E-state index in [9.17, 15) is 14.3 Å². The normalized spacial score (nSPS) is 13.9. The summed E-state index contributed by atoms with van der Waals surface area (Å²) in [4.78, 5) is 26.2. The highest BCUT2D eigenvalue weighted by Gasteiger charge is 2.18. The van der Waals surface area contributed by atoms with Gasteiger partial charge in [-0.3, -0.25) is 9.78 Å². The Kier molecular flexibility index (Phi) is 8.06. The smallest absolute Gasteiger partial charge is 0.170 e. The number of phenolic OH excluding ortho intramolecular Hbond substituents is 1. The second kappa shape index (κ2) is 11.1. The van der Waals surface area contributed by atoms with Gasteiger partial charge in [-0.15, -0.1) is 12.4 Å². The average Bonchev–Trinajstić information content (AvgIpc) is 2.87. The summed E-state index contributed by atoms with van der Waals surface area (Å²) in [6, 6.07) is 10.4. The van der Waals surface area contributed by atoms with Gasteiger partial charge in [0.05, 0.1) is 33.7 Å². The lowest BCUT2D eigenvalue weighted by Gasteiger charge is -2.33. The molecule has 0 atom stereocenters. The van der Waals surface area contributed by atoms with Crippen LogP contribution in [0.3, 0.4) is 0 Å². The van der Waals surface area contributed by atoms with Gasteiger partial charge in [-0.25, -0.2) is 9.37 Å². The van der Waals surface area contributed by atoms with Gasteiger partial charge < -0.3 is 20.2 Å². The Balaban J connectivity index is 0.00000336. The van der Waals surface area contributed by atoms with Gasteiger partial charge in [-0.05, 0) is 74.0 Å². The number of ketones is 1. The molecule has 0 radical (unpaired) electrons. The number of Topliss-reactive ketones (excluding diaryl/α,β-unsaturated/α-hetero) is 1. The van der Waals surface area contributed by atoms with E-state index in [0.717, 1.165) is 43.2 Å². The van der Waals surface area contributed by atoms with Crippen molar-refractivity contribution in [3.05, 3.63) is 70.8 Å². The Morgan fingerprint density at radius 3 is 2.45 bits per heavy atom. The van der Waals surface area contributed by atoms with E-state index in [1.54, 1.807) is 12.4 Å². The highest BCUT2D eigenvalue weighted by Crippen LogP contribution is 2.38. The number of piperazine rings is 1. The first kappa shape index (κ1) is 27.6. The lowest BCUT2D eigenvalue weighted by Crippen LogP contribution is -2.44. The Bertz CT molecular complexity index is 1480. The van der Waals surface area contributed by atoms with Crippen LogP contribution in [0.15, 0.2) is 48.8 Å². The second-order valence-corrected chi connectivity index (χ2v) is 9.80. The van der Waals surface area contributed by atoms with E-state index < -0.39 is 11.6 Å². The molecule has 2 aromatic heterocycles. The van der Waals surface area contributed by atoms with Gasteiger partial charge in [-0.2, -0.15) is 0 Å². The van der Waals surface area contributed by atoms with Crippen LogP contribution < -0.4 is 10.2 Å². The van der Waals surface area contributed by atoms with Crippen LogP contribution >= 0.6 is 24.0 Å². The molecule has 38 heavy (non-hydrogen) atoms. The van der Waals surface area contributed by atoms with Crippen molar-refractivity contribution >= 4 is 57.9 Å². The number of likely N-dealkylation sites (N-methyl/N-ethyl adjacent to an activating group) is 1. The average molecular weight is 556 g/mol. The second-order valence-electron chi connectivity index (χ2n) is 9.40. The molecule has 0 amide bonds. The zero-order valence-electron chi connectivity index (χ0n) is 21.3. The third-order valence-electron chi connectivity index (χ3n) is 6.77. The number of aromatic nitrogens is 2. The van der Waals surface area contributed by atoms with Crippen LogP contribution in [-0.2, 0) is 0 Å². The quantitative estimate of drug-likeness (QED) is 0.283. The number of halogens is 3. The third kappa shape index (κ3) is 5.38. The number of phenols is 1. The third-order valence-corrected chi connectivity index (χ3v) is 7.05. The molecular formula is C28H28Cl2FN5O2. The zero-order valence-corrected chi connectivity index (χ0v) is 22.8. The molecular weight excluding hydrogens is 528 g/mol. The molecule has 0 saturated carbocycles. The molecule has 0 bridgehead atoms. The molecule has 3 heterocycles. The summed E-state index contributed by atoms with van der Waals surface area (Å²) in [5, 5.41) is 13.8. The van der Waals surface area contributed by atoms with Crippen molar-refractivity contribution in [2.75, 3.05) is 43.4 Å². The Morgan fingerprint density at radius 1 is 1.08 bits per heavy atom. The standard InChI is InChI=1S/C28H27ClFN5O2.ClH/c1-16-10-25-21(13-20(16)18-11-23(29)28(37)24(30)12-18)27(22(15-31-25)17(2)36)33-19-4-5-26(32-14-19)35-8-6-34(3)7-9-35;/h4-5,10-15,37H,6-9H2,1-3H3,(H,31,33);1H. The van der Waals surface area contributed by atoms with Crippen LogP contribution in [0.25, 0.3) is 22.0 Å². The maximum atomic E-state index is 14.3. The topological polar surface area (TPSA) is 81.6 Å². The fourth-order valence-electron chi connectivity index (χ4n) is 4.60. The van der Waals surface area contributed by atoms with Gasteiger partial charge in [0.15, 0.2) is 17.3 Å². The number of hydrogen-bond acceptors (Lipinski definition) is 7. The van der Waals surface area contributed by atoms with Crippen LogP contribution in [0.4, 0.5) is 21.6 Å². The van der Waals surface area contributed by atoms with E-state index in [2.05, 4.69) is 32.1 Å². The highest BCUT2D eigenvalue weighted by atomic mass is 35.5. The molecule has 1 saturated heterocycles. The fourth-order valence-corrected chi connectivity index (χ4v) is 4.81.